The largest absolute Gasteiger partial charge is 0.507 e. The SMILES string of the molecule is COc1ccccc1NCC(=O)N/N=C\c1cc(Cc2ccccc2Cl)ccc1O. The number of aromatic hydroxyl groups is 1. The van der Waals surface area contributed by atoms with Gasteiger partial charge in [-0.15, -0.1) is 0 Å². The number of halogens is 1. The molecule has 154 valence electrons. The molecule has 6 nitrogen and oxygen atoms in total. The minimum absolute atomic E-state index is 0.0240. The van der Waals surface area contributed by atoms with Crippen molar-refractivity contribution in [2.75, 3.05) is 19.0 Å². The maximum absolute atomic E-state index is 12.0. The van der Waals surface area contributed by atoms with E-state index >= 15 is 0 Å². The number of benzene rings is 3. The monoisotopic (exact) mass is 423 g/mol. The van der Waals surface area contributed by atoms with E-state index in [9.17, 15) is 9.90 Å². The van der Waals surface area contributed by atoms with Gasteiger partial charge >= 0.3 is 0 Å². The van der Waals surface area contributed by atoms with Crippen molar-refractivity contribution in [1.82, 2.24) is 5.43 Å². The molecule has 7 heteroatoms. The van der Waals surface area contributed by atoms with Crippen LogP contribution in [0.2, 0.25) is 5.02 Å². The van der Waals surface area contributed by atoms with Crippen LogP contribution in [-0.4, -0.2) is 30.9 Å². The van der Waals surface area contributed by atoms with Gasteiger partial charge in [0.25, 0.3) is 5.91 Å². The number of hydrogen-bond donors (Lipinski definition) is 3. The number of phenolic OH excluding ortho intramolecular Hbond substituents is 1. The number of methoxy groups -OCH3 is 1. The molecule has 1 amide bonds. The molecule has 0 spiro atoms. The number of phenols is 1. The predicted octanol–water partition coefficient (Wildman–Crippen LogP) is 4.21. The second-order valence-corrected chi connectivity index (χ2v) is 6.92. The Morgan fingerprint density at radius 1 is 1.13 bits per heavy atom. The smallest absolute Gasteiger partial charge is 0.259 e. The molecular formula is C23H22ClN3O3. The van der Waals surface area contributed by atoms with Gasteiger partial charge in [-0.1, -0.05) is 48.0 Å². The fraction of sp³-hybridized carbons (Fsp3) is 0.130. The summed E-state index contributed by atoms with van der Waals surface area (Å²) >= 11 is 6.22. The van der Waals surface area contributed by atoms with E-state index in [2.05, 4.69) is 15.8 Å². The van der Waals surface area contributed by atoms with Gasteiger partial charge in [0.05, 0.1) is 25.6 Å². The Labute approximate surface area is 180 Å². The molecule has 0 saturated heterocycles. The van der Waals surface area contributed by atoms with Crippen LogP contribution in [0.15, 0.2) is 71.8 Å². The van der Waals surface area contributed by atoms with Crippen molar-refractivity contribution in [2.45, 2.75) is 6.42 Å². The summed E-state index contributed by atoms with van der Waals surface area (Å²) in [5.41, 5.74) is 5.60. The Morgan fingerprint density at radius 2 is 1.90 bits per heavy atom. The minimum atomic E-state index is -0.330. The van der Waals surface area contributed by atoms with Crippen molar-refractivity contribution in [3.63, 3.8) is 0 Å². The average molecular weight is 424 g/mol. The first-order valence-corrected chi connectivity index (χ1v) is 9.68. The molecular weight excluding hydrogens is 402 g/mol. The molecule has 3 aromatic rings. The van der Waals surface area contributed by atoms with Gasteiger partial charge in [-0.3, -0.25) is 4.79 Å². The number of rotatable bonds is 8. The Kier molecular flexibility index (Phi) is 7.29. The number of nitrogens with zero attached hydrogens (tertiary/aromatic N) is 1. The van der Waals surface area contributed by atoms with Gasteiger partial charge < -0.3 is 15.2 Å². The zero-order chi connectivity index (χ0) is 21.3. The lowest BCUT2D eigenvalue weighted by molar-refractivity contribution is -0.119. The maximum atomic E-state index is 12.0. The quantitative estimate of drug-likeness (QED) is 0.374. The fourth-order valence-corrected chi connectivity index (χ4v) is 3.06. The molecule has 0 radical (unpaired) electrons. The molecule has 30 heavy (non-hydrogen) atoms. The van der Waals surface area contributed by atoms with Gasteiger partial charge in [0, 0.05) is 10.6 Å². The van der Waals surface area contributed by atoms with Gasteiger partial charge in [-0.2, -0.15) is 5.10 Å². The highest BCUT2D eigenvalue weighted by atomic mass is 35.5. The van der Waals surface area contributed by atoms with E-state index in [0.29, 0.717) is 28.4 Å². The van der Waals surface area contributed by atoms with E-state index in [1.807, 2.05) is 48.5 Å². The molecule has 0 aliphatic heterocycles. The summed E-state index contributed by atoms with van der Waals surface area (Å²) < 4.78 is 5.23. The highest BCUT2D eigenvalue weighted by Gasteiger charge is 2.06. The van der Waals surface area contributed by atoms with Gasteiger partial charge in [-0.05, 0) is 47.9 Å². The van der Waals surface area contributed by atoms with E-state index < -0.39 is 0 Å². The summed E-state index contributed by atoms with van der Waals surface area (Å²) in [5.74, 6) is 0.390. The van der Waals surface area contributed by atoms with Crippen LogP contribution in [-0.2, 0) is 11.2 Å². The number of hydrogen-bond acceptors (Lipinski definition) is 5. The third-order valence-electron chi connectivity index (χ3n) is 4.38. The van der Waals surface area contributed by atoms with Crippen molar-refractivity contribution in [3.8, 4) is 11.5 Å². The molecule has 0 aliphatic rings. The minimum Gasteiger partial charge on any atom is -0.507 e. The zero-order valence-electron chi connectivity index (χ0n) is 16.4. The Morgan fingerprint density at radius 3 is 2.70 bits per heavy atom. The number of carbonyl (C=O) groups excluding carboxylic acids is 1. The van der Waals surface area contributed by atoms with Crippen LogP contribution < -0.4 is 15.5 Å². The van der Waals surface area contributed by atoms with Gasteiger partial charge in [-0.25, -0.2) is 5.43 Å². The van der Waals surface area contributed by atoms with Crippen molar-refractivity contribution < 1.29 is 14.6 Å². The molecule has 0 aliphatic carbocycles. The molecule has 0 heterocycles. The molecule has 3 rings (SSSR count). The number of hydrazone groups is 1. The lowest BCUT2D eigenvalue weighted by atomic mass is 10.0. The average Bonchev–Trinajstić information content (AvgIpc) is 2.76. The first kappa shape index (κ1) is 21.2. The van der Waals surface area contributed by atoms with E-state index in [0.717, 1.165) is 11.1 Å². The predicted molar refractivity (Wildman–Crippen MR) is 120 cm³/mol. The van der Waals surface area contributed by atoms with E-state index in [1.165, 1.54) is 6.21 Å². The van der Waals surface area contributed by atoms with Crippen LogP contribution in [0.3, 0.4) is 0 Å². The first-order chi connectivity index (χ1) is 14.6. The van der Waals surface area contributed by atoms with Crippen molar-refractivity contribution in [3.05, 3.63) is 88.4 Å². The topological polar surface area (TPSA) is 83.0 Å². The fourth-order valence-electron chi connectivity index (χ4n) is 2.86. The molecule has 0 bridgehead atoms. The van der Waals surface area contributed by atoms with Crippen molar-refractivity contribution in [2.24, 2.45) is 5.10 Å². The number of anilines is 1. The summed E-state index contributed by atoms with van der Waals surface area (Å²) in [6.45, 7) is 0.0240. The molecule has 0 aromatic heterocycles. The highest BCUT2D eigenvalue weighted by molar-refractivity contribution is 6.31. The Bertz CT molecular complexity index is 1050. The van der Waals surface area contributed by atoms with Crippen LogP contribution in [0.4, 0.5) is 5.69 Å². The van der Waals surface area contributed by atoms with Crippen LogP contribution >= 0.6 is 11.6 Å². The first-order valence-electron chi connectivity index (χ1n) is 9.31. The Balaban J connectivity index is 1.59. The zero-order valence-corrected chi connectivity index (χ0v) is 17.2. The number of ether oxygens (including phenoxy) is 1. The standard InChI is InChI=1S/C23H22ClN3O3/c1-30-22-9-5-4-8-20(22)25-15-23(29)27-26-14-18-13-16(10-11-21(18)28)12-17-6-2-3-7-19(17)24/h2-11,13-14,25,28H,12,15H2,1H3,(H,27,29)/b26-14-. The third kappa shape index (κ3) is 5.75. The van der Waals surface area contributed by atoms with E-state index in [4.69, 9.17) is 16.3 Å². The van der Waals surface area contributed by atoms with Crippen LogP contribution in [0.1, 0.15) is 16.7 Å². The molecule has 0 unspecified atom stereocenters. The molecule has 0 saturated carbocycles. The molecule has 3 N–H and O–H groups in total. The van der Waals surface area contributed by atoms with E-state index in [-0.39, 0.29) is 18.2 Å². The van der Waals surface area contributed by atoms with Gasteiger partial charge in [0.15, 0.2) is 0 Å². The normalized spacial score (nSPS) is 10.7. The lowest BCUT2D eigenvalue weighted by Gasteiger charge is -2.09. The van der Waals surface area contributed by atoms with Crippen molar-refractivity contribution >= 4 is 29.4 Å². The second-order valence-electron chi connectivity index (χ2n) is 6.51. The molecule has 0 atom stereocenters. The number of para-hydroxylation sites is 2. The molecule has 0 fully saturated rings. The van der Waals surface area contributed by atoms with Gasteiger partial charge in [0.2, 0.25) is 0 Å². The summed E-state index contributed by atoms with van der Waals surface area (Å²) in [4.78, 5) is 12.0. The summed E-state index contributed by atoms with van der Waals surface area (Å²) in [5, 5.41) is 17.7. The van der Waals surface area contributed by atoms with Crippen LogP contribution in [0, 0.1) is 0 Å². The summed E-state index contributed by atoms with van der Waals surface area (Å²) in [6.07, 6.45) is 2.03. The maximum Gasteiger partial charge on any atom is 0.259 e. The van der Waals surface area contributed by atoms with Crippen molar-refractivity contribution in [1.29, 1.82) is 0 Å². The third-order valence-corrected chi connectivity index (χ3v) is 4.75. The van der Waals surface area contributed by atoms with Gasteiger partial charge in [0.1, 0.15) is 11.5 Å². The number of carbonyl (C=O) groups is 1. The van der Waals surface area contributed by atoms with Crippen LogP contribution in [0.5, 0.6) is 11.5 Å². The lowest BCUT2D eigenvalue weighted by Crippen LogP contribution is -2.26. The number of nitrogens with one attached hydrogen (secondary N) is 2. The summed E-state index contributed by atoms with van der Waals surface area (Å²) in [6, 6.07) is 20.2. The second kappa shape index (κ2) is 10.3. The van der Waals surface area contributed by atoms with Crippen LogP contribution in [0.25, 0.3) is 0 Å². The molecule has 3 aromatic carbocycles. The summed E-state index contributed by atoms with van der Waals surface area (Å²) in [7, 11) is 1.57. The highest BCUT2D eigenvalue weighted by Crippen LogP contribution is 2.23. The van der Waals surface area contributed by atoms with E-state index in [1.54, 1.807) is 25.3 Å². The number of amides is 1. The Hall–Kier alpha value is -3.51.